The number of methoxy groups -OCH3 is 1. The van der Waals surface area contributed by atoms with Gasteiger partial charge in [0, 0.05) is 7.11 Å². The van der Waals surface area contributed by atoms with E-state index in [-0.39, 0.29) is 11.6 Å². The first kappa shape index (κ1) is 16.9. The fourth-order valence-electron chi connectivity index (χ4n) is 3.58. The second-order valence-corrected chi connectivity index (χ2v) is 6.40. The highest BCUT2D eigenvalue weighted by molar-refractivity contribution is 5.77. The monoisotopic (exact) mass is 355 g/mol. The third kappa shape index (κ3) is 3.13. The van der Waals surface area contributed by atoms with Gasteiger partial charge in [0.15, 0.2) is 0 Å². The fourth-order valence-corrected chi connectivity index (χ4v) is 3.58. The minimum atomic E-state index is -0.0210. The average molecular weight is 355 g/mol. The summed E-state index contributed by atoms with van der Waals surface area (Å²) in [4.78, 5) is 20.1. The van der Waals surface area contributed by atoms with Crippen LogP contribution < -0.4 is 5.56 Å². The predicted octanol–water partition coefficient (Wildman–Crippen LogP) is 1.76. The Hall–Kier alpha value is -2.58. The average Bonchev–Trinajstić information content (AvgIpc) is 3.33. The zero-order chi connectivity index (χ0) is 17.9. The first-order valence-electron chi connectivity index (χ1n) is 8.75. The van der Waals surface area contributed by atoms with E-state index in [2.05, 4.69) is 15.1 Å². The third-order valence-corrected chi connectivity index (χ3v) is 4.82. The maximum Gasteiger partial charge on any atom is 0.261 e. The maximum atomic E-state index is 13.0. The molecule has 1 fully saturated rings. The number of hydrogen-bond donors (Lipinski definition) is 0. The minimum Gasteiger partial charge on any atom is -0.427 e. The van der Waals surface area contributed by atoms with Gasteiger partial charge in [-0.3, -0.25) is 14.3 Å². The van der Waals surface area contributed by atoms with Gasteiger partial charge in [0.1, 0.15) is 5.82 Å². The first-order valence-corrected chi connectivity index (χ1v) is 8.75. The molecule has 0 amide bonds. The van der Waals surface area contributed by atoms with Gasteiger partial charge >= 0.3 is 0 Å². The number of ether oxygens (including phenoxy) is 1. The number of para-hydroxylation sites is 1. The van der Waals surface area contributed by atoms with Gasteiger partial charge in [0.2, 0.25) is 12.3 Å². The van der Waals surface area contributed by atoms with E-state index in [9.17, 15) is 4.79 Å². The molecule has 136 valence electrons. The van der Waals surface area contributed by atoms with Crippen LogP contribution in [0.4, 0.5) is 0 Å². The van der Waals surface area contributed by atoms with E-state index in [1.54, 1.807) is 11.7 Å². The van der Waals surface area contributed by atoms with Crippen LogP contribution in [0.2, 0.25) is 0 Å². The summed E-state index contributed by atoms with van der Waals surface area (Å²) in [6.45, 7) is 2.40. The molecule has 1 atom stereocenters. The van der Waals surface area contributed by atoms with Crippen molar-refractivity contribution < 1.29 is 9.15 Å². The summed E-state index contributed by atoms with van der Waals surface area (Å²) in [6.07, 6.45) is 3.31. The molecule has 1 unspecified atom stereocenters. The number of benzene rings is 1. The maximum absolute atomic E-state index is 13.0. The lowest BCUT2D eigenvalue weighted by Gasteiger charge is -2.25. The Morgan fingerprint density at radius 3 is 3.04 bits per heavy atom. The van der Waals surface area contributed by atoms with Crippen LogP contribution in [0.3, 0.4) is 0 Å². The van der Waals surface area contributed by atoms with Gasteiger partial charge in [-0.05, 0) is 31.5 Å². The van der Waals surface area contributed by atoms with Crippen molar-refractivity contribution in [3.8, 4) is 0 Å². The molecule has 0 spiro atoms. The van der Waals surface area contributed by atoms with E-state index in [1.165, 1.54) is 6.39 Å². The first-order chi connectivity index (χ1) is 12.8. The molecule has 3 heterocycles. The van der Waals surface area contributed by atoms with E-state index in [0.29, 0.717) is 31.0 Å². The Kier molecular flexibility index (Phi) is 4.77. The van der Waals surface area contributed by atoms with E-state index < -0.39 is 0 Å². The Bertz CT molecular complexity index is 938. The summed E-state index contributed by atoms with van der Waals surface area (Å²) in [5.41, 5.74) is 0.707. The SMILES string of the molecule is COCCn1c(C2CCCN2Cc2nnco2)nc2ccccc2c1=O. The van der Waals surface area contributed by atoms with Gasteiger partial charge in [-0.15, -0.1) is 10.2 Å². The number of nitrogens with zero attached hydrogens (tertiary/aromatic N) is 5. The van der Waals surface area contributed by atoms with Crippen molar-refractivity contribution >= 4 is 10.9 Å². The molecule has 1 aliphatic rings. The molecule has 8 heteroatoms. The van der Waals surface area contributed by atoms with Gasteiger partial charge in [-0.2, -0.15) is 0 Å². The highest BCUT2D eigenvalue weighted by Gasteiger charge is 2.31. The van der Waals surface area contributed by atoms with E-state index in [4.69, 9.17) is 14.1 Å². The zero-order valence-electron chi connectivity index (χ0n) is 14.7. The van der Waals surface area contributed by atoms with Crippen molar-refractivity contribution in [1.82, 2.24) is 24.6 Å². The quantitative estimate of drug-likeness (QED) is 0.666. The summed E-state index contributed by atoms with van der Waals surface area (Å²) >= 11 is 0. The highest BCUT2D eigenvalue weighted by Crippen LogP contribution is 2.32. The Balaban J connectivity index is 1.77. The predicted molar refractivity (Wildman–Crippen MR) is 94.6 cm³/mol. The lowest BCUT2D eigenvalue weighted by molar-refractivity contribution is 0.176. The van der Waals surface area contributed by atoms with Crippen molar-refractivity contribution in [2.45, 2.75) is 32.0 Å². The largest absolute Gasteiger partial charge is 0.427 e. The molecular formula is C18H21N5O3. The molecule has 8 nitrogen and oxygen atoms in total. The third-order valence-electron chi connectivity index (χ3n) is 4.82. The molecule has 1 aliphatic heterocycles. The Morgan fingerprint density at radius 1 is 1.35 bits per heavy atom. The van der Waals surface area contributed by atoms with Crippen molar-refractivity contribution in [3.05, 3.63) is 52.7 Å². The van der Waals surface area contributed by atoms with Crippen molar-refractivity contribution in [3.63, 3.8) is 0 Å². The number of likely N-dealkylation sites (tertiary alicyclic amines) is 1. The number of rotatable bonds is 6. The van der Waals surface area contributed by atoms with Crippen molar-refractivity contribution in [1.29, 1.82) is 0 Å². The molecule has 1 aromatic carbocycles. The normalized spacial score (nSPS) is 18.0. The molecule has 0 saturated carbocycles. The van der Waals surface area contributed by atoms with E-state index in [1.807, 2.05) is 24.3 Å². The van der Waals surface area contributed by atoms with Gasteiger partial charge in [0.25, 0.3) is 5.56 Å². The topological polar surface area (TPSA) is 86.3 Å². The number of fused-ring (bicyclic) bond motifs is 1. The van der Waals surface area contributed by atoms with Crippen molar-refractivity contribution in [2.24, 2.45) is 0 Å². The van der Waals surface area contributed by atoms with Crippen LogP contribution >= 0.6 is 0 Å². The van der Waals surface area contributed by atoms with Gasteiger partial charge in [-0.25, -0.2) is 4.98 Å². The fraction of sp³-hybridized carbons (Fsp3) is 0.444. The van der Waals surface area contributed by atoms with Crippen LogP contribution in [0.25, 0.3) is 10.9 Å². The molecule has 1 saturated heterocycles. The summed E-state index contributed by atoms with van der Waals surface area (Å²) in [7, 11) is 1.64. The summed E-state index contributed by atoms with van der Waals surface area (Å²) < 4.78 is 12.3. The smallest absolute Gasteiger partial charge is 0.261 e. The van der Waals surface area contributed by atoms with Crippen LogP contribution in [-0.4, -0.2) is 44.9 Å². The van der Waals surface area contributed by atoms with E-state index in [0.717, 1.165) is 30.7 Å². The van der Waals surface area contributed by atoms with Gasteiger partial charge < -0.3 is 9.15 Å². The molecule has 0 aliphatic carbocycles. The molecule has 0 bridgehead atoms. The van der Waals surface area contributed by atoms with Crippen LogP contribution in [0, 0.1) is 0 Å². The zero-order valence-corrected chi connectivity index (χ0v) is 14.7. The summed E-state index contributed by atoms with van der Waals surface area (Å²) in [6, 6.07) is 7.52. The number of aromatic nitrogens is 4. The van der Waals surface area contributed by atoms with Crippen LogP contribution in [0.5, 0.6) is 0 Å². The molecule has 2 aromatic heterocycles. The van der Waals surface area contributed by atoms with E-state index >= 15 is 0 Å². The number of hydrogen-bond acceptors (Lipinski definition) is 7. The van der Waals surface area contributed by atoms with Crippen LogP contribution in [-0.2, 0) is 17.8 Å². The van der Waals surface area contributed by atoms with Crippen molar-refractivity contribution in [2.75, 3.05) is 20.3 Å². The standard InChI is InChI=1S/C18H21N5O3/c1-25-10-9-23-17(20-14-6-3-2-5-13(14)18(23)24)15-7-4-8-22(15)11-16-21-19-12-26-16/h2-3,5-6,12,15H,4,7-11H2,1H3. The minimum absolute atomic E-state index is 0.0210. The summed E-state index contributed by atoms with van der Waals surface area (Å²) in [5, 5.41) is 8.36. The molecular weight excluding hydrogens is 334 g/mol. The molecule has 26 heavy (non-hydrogen) atoms. The highest BCUT2D eigenvalue weighted by atomic mass is 16.5. The van der Waals surface area contributed by atoms with Gasteiger partial charge in [0.05, 0.1) is 36.6 Å². The molecule has 0 N–H and O–H groups in total. The van der Waals surface area contributed by atoms with Crippen LogP contribution in [0.15, 0.2) is 39.9 Å². The molecule has 4 rings (SSSR count). The summed E-state index contributed by atoms with van der Waals surface area (Å²) in [5.74, 6) is 1.35. The molecule has 0 radical (unpaired) electrons. The molecule has 3 aromatic rings. The van der Waals surface area contributed by atoms with Crippen LogP contribution in [0.1, 0.15) is 30.6 Å². The lowest BCUT2D eigenvalue weighted by Crippen LogP contribution is -2.33. The Morgan fingerprint density at radius 2 is 2.23 bits per heavy atom. The lowest BCUT2D eigenvalue weighted by atomic mass is 10.1. The Labute approximate surface area is 150 Å². The second-order valence-electron chi connectivity index (χ2n) is 6.40. The second kappa shape index (κ2) is 7.35. The van der Waals surface area contributed by atoms with Gasteiger partial charge in [-0.1, -0.05) is 12.1 Å².